The average molecular weight is 345 g/mol. The van der Waals surface area contributed by atoms with E-state index in [4.69, 9.17) is 4.89 Å². The largest absolute Gasteiger partial charge is 0.746 e. The third-order valence-electron chi connectivity index (χ3n) is 3.54. The fourth-order valence-electron chi connectivity index (χ4n) is 2.56. The zero-order valence-corrected chi connectivity index (χ0v) is 12.9. The van der Waals surface area contributed by atoms with Gasteiger partial charge in [0, 0.05) is 15.7 Å². The van der Waals surface area contributed by atoms with Crippen molar-refractivity contribution in [1.82, 2.24) is 0 Å². The molecule has 0 aromatic heterocycles. The minimum atomic E-state index is -2.82. The van der Waals surface area contributed by atoms with E-state index in [0.717, 1.165) is 6.26 Å². The Morgan fingerprint density at radius 1 is 0.958 bits per heavy atom. The highest BCUT2D eigenvalue weighted by atomic mass is 31.1. The summed E-state index contributed by atoms with van der Waals surface area (Å²) in [6.07, 6.45) is 2.20. The fourth-order valence-corrected chi connectivity index (χ4v) is 2.73. The van der Waals surface area contributed by atoms with E-state index >= 15 is 0 Å². The molecule has 24 heavy (non-hydrogen) atoms. The van der Waals surface area contributed by atoms with Gasteiger partial charge in [0.1, 0.15) is 11.5 Å². The maximum absolute atomic E-state index is 12.6. The number of carbonyl (C=O) groups is 2. The number of ketones is 2. The Bertz CT molecular complexity index is 930. The lowest BCUT2D eigenvalue weighted by Crippen LogP contribution is -2.21. The molecule has 1 aliphatic rings. The van der Waals surface area contributed by atoms with E-state index < -0.39 is 25.6 Å². The number of carbonyl (C=O) groups excluding carboxylic acids is 2. The maximum Gasteiger partial charge on any atom is 0.746 e. The van der Waals surface area contributed by atoms with Crippen molar-refractivity contribution in [1.29, 1.82) is 0 Å². The molecule has 1 aliphatic carbocycles. The Labute approximate surface area is 136 Å². The molecule has 0 bridgehead atoms. The van der Waals surface area contributed by atoms with E-state index in [0.29, 0.717) is 5.56 Å². The van der Waals surface area contributed by atoms with Gasteiger partial charge in [-0.05, 0) is 29.8 Å². The highest BCUT2D eigenvalue weighted by Crippen LogP contribution is 2.37. The standard InChI is InChI=1S/C16H9O7P/c17-11-3-1-2-9-13(11)16(20)14-10(15(9)19)6-8(7-12(14)18)4-5-23-24(21)22/h1-7H,(H2-,17,18,20,21,22)/p+1. The van der Waals surface area contributed by atoms with Crippen LogP contribution in [0.15, 0.2) is 36.6 Å². The summed E-state index contributed by atoms with van der Waals surface area (Å²) < 4.78 is 14.8. The molecule has 0 heterocycles. The molecule has 3 N–H and O–H groups in total. The van der Waals surface area contributed by atoms with Crippen LogP contribution in [0, 0.1) is 0 Å². The summed E-state index contributed by atoms with van der Waals surface area (Å²) in [6.45, 7) is 0. The van der Waals surface area contributed by atoms with Gasteiger partial charge in [-0.15, -0.1) is 4.89 Å². The number of hydrogen-bond donors (Lipinski definition) is 3. The van der Waals surface area contributed by atoms with Gasteiger partial charge in [-0.3, -0.25) is 9.59 Å². The zero-order chi connectivity index (χ0) is 17.4. The van der Waals surface area contributed by atoms with Gasteiger partial charge in [0.25, 0.3) is 0 Å². The minimum absolute atomic E-state index is 0.0221. The molecule has 0 fully saturated rings. The van der Waals surface area contributed by atoms with Crippen LogP contribution in [0.3, 0.4) is 0 Å². The predicted octanol–water partition coefficient (Wildman–Crippen LogP) is 2.51. The molecule has 0 radical (unpaired) electrons. The molecule has 2 aromatic rings. The topological polar surface area (TPSA) is 121 Å². The van der Waals surface area contributed by atoms with Crippen LogP contribution in [0.25, 0.3) is 6.08 Å². The van der Waals surface area contributed by atoms with Crippen molar-refractivity contribution >= 4 is 25.9 Å². The number of phenols is 2. The summed E-state index contributed by atoms with van der Waals surface area (Å²) in [6, 6.07) is 6.71. The lowest BCUT2D eigenvalue weighted by molar-refractivity contribution is 0.0974. The Morgan fingerprint density at radius 3 is 2.38 bits per heavy atom. The highest BCUT2D eigenvalue weighted by molar-refractivity contribution is 7.32. The van der Waals surface area contributed by atoms with E-state index in [9.17, 15) is 24.4 Å². The SMILES string of the molecule is O=C1c2cccc(O)c2C(=O)c2c(O)cc(C=CO[P+](=O)O)cc21. The van der Waals surface area contributed by atoms with Gasteiger partial charge in [0.05, 0.1) is 11.1 Å². The molecule has 0 aliphatic heterocycles. The molecular formula is C16H10O7P+. The summed E-state index contributed by atoms with van der Waals surface area (Å²) in [7, 11) is -2.82. The van der Waals surface area contributed by atoms with Gasteiger partial charge in [0.15, 0.2) is 12.0 Å². The van der Waals surface area contributed by atoms with Crippen LogP contribution in [0.1, 0.15) is 37.4 Å². The van der Waals surface area contributed by atoms with E-state index in [2.05, 4.69) is 4.52 Å². The first-order valence-electron chi connectivity index (χ1n) is 6.68. The number of benzene rings is 2. The number of aromatic hydroxyl groups is 2. The lowest BCUT2D eigenvalue weighted by Gasteiger charge is -2.19. The molecule has 0 saturated heterocycles. The van der Waals surface area contributed by atoms with Crippen LogP contribution in [-0.4, -0.2) is 26.7 Å². The normalized spacial score (nSPS) is 13.6. The molecule has 0 amide bonds. The van der Waals surface area contributed by atoms with Crippen LogP contribution in [-0.2, 0) is 9.09 Å². The van der Waals surface area contributed by atoms with Crippen molar-refractivity contribution in [3.05, 3.63) is 64.4 Å². The second-order valence-corrected chi connectivity index (χ2v) is 5.65. The van der Waals surface area contributed by atoms with Crippen LogP contribution in [0.2, 0.25) is 0 Å². The van der Waals surface area contributed by atoms with Gasteiger partial charge in [-0.1, -0.05) is 12.1 Å². The summed E-state index contributed by atoms with van der Waals surface area (Å²) >= 11 is 0. The van der Waals surface area contributed by atoms with E-state index in [1.54, 1.807) is 0 Å². The first-order valence-corrected chi connectivity index (χ1v) is 7.81. The van der Waals surface area contributed by atoms with Crippen molar-refractivity contribution in [2.24, 2.45) is 0 Å². The summed E-state index contributed by atoms with van der Waals surface area (Å²) in [5, 5.41) is 20.0. The smallest absolute Gasteiger partial charge is 0.507 e. The van der Waals surface area contributed by atoms with Crippen molar-refractivity contribution < 1.29 is 33.8 Å². The number of fused-ring (bicyclic) bond motifs is 2. The lowest BCUT2D eigenvalue weighted by atomic mass is 9.82. The van der Waals surface area contributed by atoms with Crippen molar-refractivity contribution in [3.8, 4) is 11.5 Å². The van der Waals surface area contributed by atoms with E-state index in [1.807, 2.05) is 0 Å². The molecule has 2 aromatic carbocycles. The second kappa shape index (κ2) is 5.88. The maximum atomic E-state index is 12.6. The second-order valence-electron chi connectivity index (χ2n) is 4.97. The average Bonchev–Trinajstić information content (AvgIpc) is 2.51. The summed E-state index contributed by atoms with van der Waals surface area (Å²) in [5.74, 6) is -1.94. The number of hydrogen-bond acceptors (Lipinski definition) is 6. The molecule has 1 atom stereocenters. The van der Waals surface area contributed by atoms with Crippen molar-refractivity contribution in [3.63, 3.8) is 0 Å². The Hall–Kier alpha value is -3.02. The van der Waals surface area contributed by atoms with Gasteiger partial charge in [-0.25, -0.2) is 4.52 Å². The first-order chi connectivity index (χ1) is 11.4. The van der Waals surface area contributed by atoms with Gasteiger partial charge in [0.2, 0.25) is 5.78 Å². The molecule has 1 unspecified atom stereocenters. The van der Waals surface area contributed by atoms with Crippen LogP contribution < -0.4 is 0 Å². The minimum Gasteiger partial charge on any atom is -0.507 e. The molecular weight excluding hydrogens is 335 g/mol. The fraction of sp³-hybridized carbons (Fsp3) is 0. The Kier molecular flexibility index (Phi) is 3.89. The van der Waals surface area contributed by atoms with Gasteiger partial charge in [-0.2, -0.15) is 0 Å². The van der Waals surface area contributed by atoms with E-state index in [-0.39, 0.29) is 28.0 Å². The van der Waals surface area contributed by atoms with Crippen molar-refractivity contribution in [2.45, 2.75) is 0 Å². The molecule has 0 spiro atoms. The highest BCUT2D eigenvalue weighted by Gasteiger charge is 2.34. The van der Waals surface area contributed by atoms with Gasteiger partial charge >= 0.3 is 8.25 Å². The number of phenolic OH excluding ortho intramolecular Hbond substituents is 2. The third-order valence-corrected chi connectivity index (χ3v) is 3.84. The van der Waals surface area contributed by atoms with E-state index in [1.165, 1.54) is 36.4 Å². The Balaban J connectivity index is 2.13. The quantitative estimate of drug-likeness (QED) is 0.492. The molecule has 3 rings (SSSR count). The first kappa shape index (κ1) is 15.9. The zero-order valence-electron chi connectivity index (χ0n) is 12.0. The molecule has 8 heteroatoms. The van der Waals surface area contributed by atoms with Crippen molar-refractivity contribution in [2.75, 3.05) is 0 Å². The molecule has 120 valence electrons. The monoisotopic (exact) mass is 345 g/mol. The van der Waals surface area contributed by atoms with Crippen LogP contribution in [0.4, 0.5) is 0 Å². The Morgan fingerprint density at radius 2 is 1.67 bits per heavy atom. The predicted molar refractivity (Wildman–Crippen MR) is 83.0 cm³/mol. The molecule has 7 nitrogen and oxygen atoms in total. The van der Waals surface area contributed by atoms with Crippen LogP contribution in [0.5, 0.6) is 11.5 Å². The number of rotatable bonds is 3. The van der Waals surface area contributed by atoms with Crippen LogP contribution >= 0.6 is 8.25 Å². The third kappa shape index (κ3) is 2.56. The summed E-state index contributed by atoms with van der Waals surface area (Å²) in [4.78, 5) is 33.7. The van der Waals surface area contributed by atoms with Gasteiger partial charge < -0.3 is 10.2 Å². The molecule has 0 saturated carbocycles. The summed E-state index contributed by atoms with van der Waals surface area (Å²) in [5.41, 5.74) is -0.0174.